The number of hydrogen-bond acceptors (Lipinski definition) is 2. The molecule has 0 spiro atoms. The minimum Gasteiger partial charge on any atom is -0.390 e. The third-order valence-electron chi connectivity index (χ3n) is 2.20. The van der Waals surface area contributed by atoms with Crippen molar-refractivity contribution in [3.8, 4) is 0 Å². The molecule has 0 bridgehead atoms. The predicted molar refractivity (Wildman–Crippen MR) is 64.3 cm³/mol. The molecule has 3 heteroatoms. The molecule has 2 nitrogen and oxygen atoms in total. The van der Waals surface area contributed by atoms with Crippen molar-refractivity contribution in [2.24, 2.45) is 0 Å². The zero-order valence-electron chi connectivity index (χ0n) is 8.91. The van der Waals surface area contributed by atoms with Gasteiger partial charge < -0.3 is 5.11 Å². The number of rotatable bonds is 4. The molecular formula is C13H14NOS+. The van der Waals surface area contributed by atoms with Gasteiger partial charge in [-0.05, 0) is 12.1 Å². The van der Waals surface area contributed by atoms with Crippen LogP contribution in [-0.2, 0) is 6.54 Å². The molecule has 0 saturated heterocycles. The maximum absolute atomic E-state index is 8.80. The van der Waals surface area contributed by atoms with E-state index in [1.165, 1.54) is 9.79 Å². The van der Waals surface area contributed by atoms with Gasteiger partial charge in [0.05, 0.1) is 0 Å². The number of benzene rings is 1. The summed E-state index contributed by atoms with van der Waals surface area (Å²) in [5.41, 5.74) is 0. The first-order valence-corrected chi connectivity index (χ1v) is 6.03. The third-order valence-corrected chi connectivity index (χ3v) is 3.21. The largest absolute Gasteiger partial charge is 0.390 e. The fourth-order valence-corrected chi connectivity index (χ4v) is 2.22. The highest BCUT2D eigenvalue weighted by atomic mass is 32.2. The van der Waals surface area contributed by atoms with E-state index in [2.05, 4.69) is 24.3 Å². The molecule has 0 fully saturated rings. The van der Waals surface area contributed by atoms with Gasteiger partial charge in [-0.3, -0.25) is 0 Å². The van der Waals surface area contributed by atoms with Crippen molar-refractivity contribution in [1.82, 2.24) is 0 Å². The lowest BCUT2D eigenvalue weighted by Crippen LogP contribution is -2.34. The number of pyridine rings is 1. The number of hydrogen-bond donors (Lipinski definition) is 1. The lowest BCUT2D eigenvalue weighted by Gasteiger charge is -2.00. The average molecular weight is 232 g/mol. The lowest BCUT2D eigenvalue weighted by molar-refractivity contribution is -0.698. The monoisotopic (exact) mass is 232 g/mol. The van der Waals surface area contributed by atoms with Gasteiger partial charge in [-0.25, -0.2) is 4.57 Å². The van der Waals surface area contributed by atoms with Crippen molar-refractivity contribution in [3.63, 3.8) is 0 Å². The summed E-state index contributed by atoms with van der Waals surface area (Å²) < 4.78 is 1.97. The number of aliphatic hydroxyl groups excluding tert-OH is 1. The molecule has 0 aliphatic rings. The van der Waals surface area contributed by atoms with Crippen LogP contribution in [-0.4, -0.2) is 11.7 Å². The zero-order valence-corrected chi connectivity index (χ0v) is 9.73. The van der Waals surface area contributed by atoms with Crippen LogP contribution in [0, 0.1) is 0 Å². The fraction of sp³-hybridized carbons (Fsp3) is 0.154. The summed E-state index contributed by atoms with van der Waals surface area (Å²) in [7, 11) is 0. The van der Waals surface area contributed by atoms with Gasteiger partial charge in [-0.1, -0.05) is 30.0 Å². The van der Waals surface area contributed by atoms with Gasteiger partial charge in [0.2, 0.25) is 0 Å². The Morgan fingerprint density at radius 3 is 2.19 bits per heavy atom. The Kier molecular flexibility index (Phi) is 3.97. The Morgan fingerprint density at radius 2 is 1.56 bits per heavy atom. The Balaban J connectivity index is 2.05. The molecule has 1 aromatic heterocycles. The second kappa shape index (κ2) is 5.68. The molecule has 16 heavy (non-hydrogen) atoms. The van der Waals surface area contributed by atoms with Crippen LogP contribution in [0.1, 0.15) is 0 Å². The van der Waals surface area contributed by atoms with Crippen molar-refractivity contribution in [3.05, 3.63) is 54.9 Å². The fourth-order valence-electron chi connectivity index (χ4n) is 1.40. The minimum absolute atomic E-state index is 0.176. The topological polar surface area (TPSA) is 24.1 Å². The number of aromatic nitrogens is 1. The summed E-state index contributed by atoms with van der Waals surface area (Å²) in [6, 6.07) is 14.4. The smallest absolute Gasteiger partial charge is 0.171 e. The zero-order chi connectivity index (χ0) is 11.2. The summed E-state index contributed by atoms with van der Waals surface area (Å²) in [5.74, 6) is 0. The highest BCUT2D eigenvalue weighted by molar-refractivity contribution is 7.99. The van der Waals surface area contributed by atoms with E-state index in [4.69, 9.17) is 5.11 Å². The average Bonchev–Trinajstić information content (AvgIpc) is 2.33. The van der Waals surface area contributed by atoms with Crippen molar-refractivity contribution in [2.75, 3.05) is 6.61 Å². The van der Waals surface area contributed by atoms with Gasteiger partial charge in [-0.15, -0.1) is 0 Å². The molecule has 0 atom stereocenters. The van der Waals surface area contributed by atoms with Crippen LogP contribution in [0.2, 0.25) is 0 Å². The van der Waals surface area contributed by atoms with Crippen molar-refractivity contribution >= 4 is 11.8 Å². The van der Waals surface area contributed by atoms with E-state index >= 15 is 0 Å². The van der Waals surface area contributed by atoms with E-state index < -0.39 is 0 Å². The quantitative estimate of drug-likeness (QED) is 0.816. The van der Waals surface area contributed by atoms with Crippen molar-refractivity contribution in [1.29, 1.82) is 0 Å². The van der Waals surface area contributed by atoms with Crippen LogP contribution in [0.15, 0.2) is 64.6 Å². The maximum atomic E-state index is 8.80. The molecule has 2 rings (SSSR count). The van der Waals surface area contributed by atoms with Crippen LogP contribution < -0.4 is 4.57 Å². The predicted octanol–water partition coefficient (Wildman–Crippen LogP) is 2.12. The molecule has 0 amide bonds. The van der Waals surface area contributed by atoms with Gasteiger partial charge in [-0.2, -0.15) is 0 Å². The molecule has 0 saturated carbocycles. The second-order valence-electron chi connectivity index (χ2n) is 3.41. The molecule has 1 heterocycles. The van der Waals surface area contributed by atoms with E-state index in [-0.39, 0.29) is 6.61 Å². The number of nitrogens with zero attached hydrogens (tertiary/aromatic N) is 1. The molecule has 1 aromatic carbocycles. The van der Waals surface area contributed by atoms with Crippen LogP contribution in [0.5, 0.6) is 0 Å². The molecule has 0 unspecified atom stereocenters. The van der Waals surface area contributed by atoms with E-state index in [0.717, 1.165) is 0 Å². The second-order valence-corrected chi connectivity index (χ2v) is 4.56. The summed E-state index contributed by atoms with van der Waals surface area (Å²) in [6.45, 7) is 0.826. The SMILES string of the molecule is OCC[n+]1ccc(Sc2ccccc2)cc1. The summed E-state index contributed by atoms with van der Waals surface area (Å²) in [4.78, 5) is 2.45. The maximum Gasteiger partial charge on any atom is 0.171 e. The van der Waals surface area contributed by atoms with Crippen LogP contribution >= 0.6 is 11.8 Å². The van der Waals surface area contributed by atoms with Gasteiger partial charge in [0, 0.05) is 21.9 Å². The highest BCUT2D eigenvalue weighted by Gasteiger charge is 2.01. The first kappa shape index (κ1) is 11.2. The molecule has 0 radical (unpaired) electrons. The van der Waals surface area contributed by atoms with E-state index in [1.807, 2.05) is 35.2 Å². The van der Waals surface area contributed by atoms with Crippen LogP contribution in [0.25, 0.3) is 0 Å². The minimum atomic E-state index is 0.176. The Labute approximate surface area is 99.6 Å². The Bertz CT molecular complexity index is 427. The summed E-state index contributed by atoms with van der Waals surface area (Å²) in [6.07, 6.45) is 3.98. The van der Waals surface area contributed by atoms with Gasteiger partial charge in [0.15, 0.2) is 18.9 Å². The van der Waals surface area contributed by atoms with E-state index in [1.54, 1.807) is 11.8 Å². The van der Waals surface area contributed by atoms with E-state index in [9.17, 15) is 0 Å². The standard InChI is InChI=1S/C13H14NOS/c15-11-10-14-8-6-13(7-9-14)16-12-4-2-1-3-5-12/h1-9,15H,10-11H2/q+1. The van der Waals surface area contributed by atoms with Crippen LogP contribution in [0.3, 0.4) is 0 Å². The molecule has 0 aliphatic carbocycles. The Hall–Kier alpha value is -1.32. The van der Waals surface area contributed by atoms with Gasteiger partial charge in [0.25, 0.3) is 0 Å². The van der Waals surface area contributed by atoms with Gasteiger partial charge >= 0.3 is 0 Å². The summed E-state index contributed by atoms with van der Waals surface area (Å²) >= 11 is 1.74. The Morgan fingerprint density at radius 1 is 0.938 bits per heavy atom. The van der Waals surface area contributed by atoms with Crippen molar-refractivity contribution in [2.45, 2.75) is 16.3 Å². The first-order valence-electron chi connectivity index (χ1n) is 5.21. The van der Waals surface area contributed by atoms with Crippen LogP contribution in [0.4, 0.5) is 0 Å². The third kappa shape index (κ3) is 3.08. The normalized spacial score (nSPS) is 10.3. The highest BCUT2D eigenvalue weighted by Crippen LogP contribution is 2.25. The molecule has 2 aromatic rings. The molecule has 82 valence electrons. The molecule has 1 N–H and O–H groups in total. The molecular weight excluding hydrogens is 218 g/mol. The lowest BCUT2D eigenvalue weighted by atomic mass is 10.4. The van der Waals surface area contributed by atoms with Crippen molar-refractivity contribution < 1.29 is 9.67 Å². The number of aliphatic hydroxyl groups is 1. The van der Waals surface area contributed by atoms with E-state index in [0.29, 0.717) is 6.54 Å². The summed E-state index contributed by atoms with van der Waals surface area (Å²) in [5, 5.41) is 8.80. The van der Waals surface area contributed by atoms with Gasteiger partial charge in [0.1, 0.15) is 6.61 Å². The first-order chi connectivity index (χ1) is 7.88. The molecule has 0 aliphatic heterocycles.